The number of rotatable bonds is 3. The Hall–Kier alpha value is -4.23. The number of anilines is 2. The summed E-state index contributed by atoms with van der Waals surface area (Å²) in [7, 11) is 1.38. The first-order valence-corrected chi connectivity index (χ1v) is 10.0. The summed E-state index contributed by atoms with van der Waals surface area (Å²) in [6.07, 6.45) is 1.83. The molecule has 0 bridgehead atoms. The summed E-state index contributed by atoms with van der Waals surface area (Å²) in [4.78, 5) is 24.6. The summed E-state index contributed by atoms with van der Waals surface area (Å²) in [6, 6.07) is 11.2. The van der Waals surface area contributed by atoms with Gasteiger partial charge >= 0.3 is 0 Å². The molecule has 0 saturated heterocycles. The minimum Gasteiger partial charge on any atom is -0.494 e. The molecule has 33 heavy (non-hydrogen) atoms. The summed E-state index contributed by atoms with van der Waals surface area (Å²) >= 11 is 6.16. The van der Waals surface area contributed by atoms with Gasteiger partial charge in [0, 0.05) is 12.5 Å². The van der Waals surface area contributed by atoms with Crippen LogP contribution in [0.2, 0.25) is 5.02 Å². The predicted octanol–water partition coefficient (Wildman–Crippen LogP) is 3.26. The number of ether oxygens (including phenoxy) is 1. The first-order valence-electron chi connectivity index (χ1n) is 9.62. The molecule has 0 aliphatic heterocycles. The van der Waals surface area contributed by atoms with Crippen molar-refractivity contribution in [3.63, 3.8) is 0 Å². The van der Waals surface area contributed by atoms with Gasteiger partial charge in [0.25, 0.3) is 5.56 Å². The molecule has 2 heterocycles. The van der Waals surface area contributed by atoms with E-state index in [1.54, 1.807) is 18.2 Å². The molecule has 0 radical (unpaired) electrons. The third-order valence-electron chi connectivity index (χ3n) is 4.58. The summed E-state index contributed by atoms with van der Waals surface area (Å²) in [5.41, 5.74) is 11.4. The standard InChI is InChI=1S/C17H14ClFN2O2.C5H5N5/c1-3-15-20-13-6-4-5-11(18)16(13)17(22)21(15)10-7-8-12(19)14(9-10)23-2;6-1-3-2-9-5(8)10-4(3)7/h4-9H,3H2,1-2H3;2H,(H4,7,8,9,10). The van der Waals surface area contributed by atoms with Gasteiger partial charge in [-0.3, -0.25) is 9.36 Å². The second-order valence-electron chi connectivity index (χ2n) is 6.61. The molecule has 0 saturated carbocycles. The number of hydrogen-bond donors (Lipinski definition) is 2. The largest absolute Gasteiger partial charge is 0.494 e. The van der Waals surface area contributed by atoms with Gasteiger partial charge in [-0.15, -0.1) is 0 Å². The first kappa shape index (κ1) is 23.4. The number of aryl methyl sites for hydroxylation is 1. The molecule has 168 valence electrons. The van der Waals surface area contributed by atoms with Crippen LogP contribution < -0.4 is 21.8 Å². The van der Waals surface area contributed by atoms with Crippen LogP contribution in [-0.4, -0.2) is 26.6 Å². The van der Waals surface area contributed by atoms with Crippen molar-refractivity contribution >= 4 is 34.3 Å². The molecular formula is C22H19ClFN7O2. The SMILES string of the molecule is CCc1nc2cccc(Cl)c2c(=O)n1-c1ccc(F)c(OC)c1.N#Cc1cnc(N)nc1N. The van der Waals surface area contributed by atoms with Crippen LogP contribution in [0, 0.1) is 17.1 Å². The summed E-state index contributed by atoms with van der Waals surface area (Å²) in [5.74, 6) is 0.342. The monoisotopic (exact) mass is 467 g/mol. The zero-order chi connectivity index (χ0) is 24.1. The minimum absolute atomic E-state index is 0.0655. The van der Waals surface area contributed by atoms with Gasteiger partial charge in [0.15, 0.2) is 11.6 Å². The second kappa shape index (κ2) is 9.93. The van der Waals surface area contributed by atoms with Gasteiger partial charge in [0.05, 0.1) is 34.9 Å². The zero-order valence-electron chi connectivity index (χ0n) is 17.7. The number of benzene rings is 2. The van der Waals surface area contributed by atoms with Crippen molar-refractivity contribution in [2.45, 2.75) is 13.3 Å². The normalized spacial score (nSPS) is 10.3. The molecule has 0 fully saturated rings. The summed E-state index contributed by atoms with van der Waals surface area (Å²) in [6.45, 7) is 1.90. The Labute approximate surface area is 193 Å². The average molecular weight is 468 g/mol. The van der Waals surface area contributed by atoms with Gasteiger partial charge < -0.3 is 16.2 Å². The van der Waals surface area contributed by atoms with E-state index >= 15 is 0 Å². The lowest BCUT2D eigenvalue weighted by atomic mass is 10.2. The molecule has 4 N–H and O–H groups in total. The van der Waals surface area contributed by atoms with E-state index in [-0.39, 0.29) is 28.6 Å². The van der Waals surface area contributed by atoms with E-state index < -0.39 is 5.82 Å². The van der Waals surface area contributed by atoms with Gasteiger partial charge in [0.1, 0.15) is 23.3 Å². The maximum Gasteiger partial charge on any atom is 0.267 e. The molecule has 0 aliphatic carbocycles. The fourth-order valence-electron chi connectivity index (χ4n) is 3.02. The van der Waals surface area contributed by atoms with Crippen molar-refractivity contribution < 1.29 is 9.13 Å². The molecule has 0 spiro atoms. The Kier molecular flexibility index (Phi) is 7.05. The van der Waals surface area contributed by atoms with Crippen molar-refractivity contribution in [3.05, 3.63) is 75.2 Å². The molecule has 2 aromatic heterocycles. The van der Waals surface area contributed by atoms with E-state index in [1.165, 1.54) is 36.1 Å². The molecule has 4 aromatic rings. The van der Waals surface area contributed by atoms with Crippen molar-refractivity contribution in [3.8, 4) is 17.5 Å². The lowest BCUT2D eigenvalue weighted by Crippen LogP contribution is -2.24. The van der Waals surface area contributed by atoms with Crippen molar-refractivity contribution in [1.29, 1.82) is 5.26 Å². The lowest BCUT2D eigenvalue weighted by molar-refractivity contribution is 0.386. The highest BCUT2D eigenvalue weighted by Gasteiger charge is 2.15. The number of nitrogens with zero attached hydrogens (tertiary/aromatic N) is 5. The van der Waals surface area contributed by atoms with Gasteiger partial charge in [-0.25, -0.2) is 14.4 Å². The number of fused-ring (bicyclic) bond motifs is 1. The van der Waals surface area contributed by atoms with Crippen molar-refractivity contribution in [2.24, 2.45) is 0 Å². The predicted molar refractivity (Wildman–Crippen MR) is 124 cm³/mol. The molecular weight excluding hydrogens is 449 g/mol. The van der Waals surface area contributed by atoms with Crippen LogP contribution >= 0.6 is 11.6 Å². The number of methoxy groups -OCH3 is 1. The fraction of sp³-hybridized carbons (Fsp3) is 0.136. The highest BCUT2D eigenvalue weighted by molar-refractivity contribution is 6.35. The lowest BCUT2D eigenvalue weighted by Gasteiger charge is -2.14. The number of hydrogen-bond acceptors (Lipinski definition) is 8. The average Bonchev–Trinajstić information content (AvgIpc) is 2.80. The van der Waals surface area contributed by atoms with E-state index in [1.807, 2.05) is 13.0 Å². The van der Waals surface area contributed by atoms with E-state index in [0.29, 0.717) is 33.9 Å². The van der Waals surface area contributed by atoms with Crippen LogP contribution in [0.3, 0.4) is 0 Å². The van der Waals surface area contributed by atoms with Gasteiger partial charge in [-0.1, -0.05) is 24.6 Å². The molecule has 9 nitrogen and oxygen atoms in total. The third-order valence-corrected chi connectivity index (χ3v) is 4.90. The highest BCUT2D eigenvalue weighted by atomic mass is 35.5. The van der Waals surface area contributed by atoms with Crippen LogP contribution in [0.25, 0.3) is 16.6 Å². The Balaban J connectivity index is 0.000000257. The molecule has 4 rings (SSSR count). The van der Waals surface area contributed by atoms with E-state index in [9.17, 15) is 9.18 Å². The number of nitrogen functional groups attached to an aromatic ring is 2. The van der Waals surface area contributed by atoms with Crippen LogP contribution in [0.4, 0.5) is 16.2 Å². The zero-order valence-corrected chi connectivity index (χ0v) is 18.5. The summed E-state index contributed by atoms with van der Waals surface area (Å²) < 4.78 is 20.1. The molecule has 0 atom stereocenters. The Morgan fingerprint density at radius 1 is 1.24 bits per heavy atom. The molecule has 0 aliphatic rings. The topological polar surface area (TPSA) is 146 Å². The smallest absolute Gasteiger partial charge is 0.267 e. The molecule has 2 aromatic carbocycles. The first-order chi connectivity index (χ1) is 15.8. The molecule has 0 amide bonds. The quantitative estimate of drug-likeness (QED) is 0.466. The van der Waals surface area contributed by atoms with Gasteiger partial charge in [0.2, 0.25) is 5.95 Å². The second-order valence-corrected chi connectivity index (χ2v) is 7.02. The number of aromatic nitrogens is 4. The van der Waals surface area contributed by atoms with Crippen LogP contribution in [0.5, 0.6) is 5.75 Å². The highest BCUT2D eigenvalue weighted by Crippen LogP contribution is 2.23. The number of nitrogens with two attached hydrogens (primary N) is 2. The minimum atomic E-state index is -0.492. The molecule has 11 heteroatoms. The molecule has 0 unspecified atom stereocenters. The van der Waals surface area contributed by atoms with E-state index in [2.05, 4.69) is 15.0 Å². The van der Waals surface area contributed by atoms with Crippen LogP contribution in [0.15, 0.2) is 47.4 Å². The fourth-order valence-corrected chi connectivity index (χ4v) is 3.27. The number of nitriles is 1. The maximum atomic E-state index is 13.6. The van der Waals surface area contributed by atoms with Crippen LogP contribution in [-0.2, 0) is 6.42 Å². The van der Waals surface area contributed by atoms with Gasteiger partial charge in [-0.2, -0.15) is 10.2 Å². The Bertz CT molecular complexity index is 1430. The van der Waals surface area contributed by atoms with E-state index in [4.69, 9.17) is 33.1 Å². The Morgan fingerprint density at radius 3 is 2.64 bits per heavy atom. The Morgan fingerprint density at radius 2 is 2.00 bits per heavy atom. The van der Waals surface area contributed by atoms with Crippen LogP contribution in [0.1, 0.15) is 18.3 Å². The van der Waals surface area contributed by atoms with E-state index in [0.717, 1.165) is 0 Å². The summed E-state index contributed by atoms with van der Waals surface area (Å²) in [5, 5.41) is 9.04. The third kappa shape index (κ3) is 4.83. The maximum absolute atomic E-state index is 13.6. The van der Waals surface area contributed by atoms with Crippen molar-refractivity contribution in [1.82, 2.24) is 19.5 Å². The van der Waals surface area contributed by atoms with Crippen molar-refractivity contribution in [2.75, 3.05) is 18.6 Å². The van der Waals surface area contributed by atoms with Gasteiger partial charge in [-0.05, 0) is 24.3 Å². The number of halogens is 2.